The van der Waals surface area contributed by atoms with Crippen LogP contribution in [0.5, 0.6) is 0 Å². The molecule has 4 heteroatoms. The van der Waals surface area contributed by atoms with Crippen molar-refractivity contribution in [2.45, 2.75) is 69.9 Å². The molecule has 0 radical (unpaired) electrons. The number of likely N-dealkylation sites (tertiary alicyclic amines) is 1. The Bertz CT molecular complexity index is 773. The van der Waals surface area contributed by atoms with E-state index in [2.05, 4.69) is 49.1 Å². The number of carbonyl (C=O) groups is 1. The minimum absolute atomic E-state index is 0.0115. The van der Waals surface area contributed by atoms with Crippen molar-refractivity contribution in [3.63, 3.8) is 0 Å². The fraction of sp³-hybridized carbons (Fsp3) is 0.720. The summed E-state index contributed by atoms with van der Waals surface area (Å²) >= 11 is 0. The number of nitrogens with zero attached hydrogens (tertiary/aromatic N) is 1. The summed E-state index contributed by atoms with van der Waals surface area (Å²) in [5, 5.41) is 0. The molecule has 29 heavy (non-hydrogen) atoms. The Morgan fingerprint density at radius 2 is 1.76 bits per heavy atom. The largest absolute Gasteiger partial charge is 0.381 e. The first-order valence-electron chi connectivity index (χ1n) is 11.4. The molecule has 1 saturated heterocycles. The number of benzene rings is 1. The third-order valence-corrected chi connectivity index (χ3v) is 8.93. The minimum Gasteiger partial charge on any atom is -0.381 e. The maximum absolute atomic E-state index is 14.1. The Hall–Kier alpha value is -1.39. The summed E-state index contributed by atoms with van der Waals surface area (Å²) in [5.74, 6) is 1.39. The summed E-state index contributed by atoms with van der Waals surface area (Å²) < 4.78 is 5.98. The summed E-state index contributed by atoms with van der Waals surface area (Å²) in [6, 6.07) is 11.2. The van der Waals surface area contributed by atoms with Crippen LogP contribution in [-0.4, -0.2) is 43.2 Å². The number of amides is 1. The Morgan fingerprint density at radius 3 is 2.34 bits per heavy atom. The second kappa shape index (κ2) is 6.55. The predicted molar refractivity (Wildman–Crippen MR) is 114 cm³/mol. The highest BCUT2D eigenvalue weighted by Gasteiger charge is 2.65. The molecule has 4 saturated carbocycles. The van der Waals surface area contributed by atoms with Gasteiger partial charge in [0, 0.05) is 26.2 Å². The van der Waals surface area contributed by atoms with Crippen molar-refractivity contribution < 1.29 is 9.53 Å². The molecule has 1 aliphatic heterocycles. The average Bonchev–Trinajstić information content (AvgIpc) is 2.70. The van der Waals surface area contributed by atoms with Crippen LogP contribution in [-0.2, 0) is 14.9 Å². The highest BCUT2D eigenvalue weighted by Crippen LogP contribution is 2.66. The van der Waals surface area contributed by atoms with Gasteiger partial charge in [0.2, 0.25) is 5.91 Å². The van der Waals surface area contributed by atoms with Gasteiger partial charge in [0.25, 0.3) is 0 Å². The first-order valence-corrected chi connectivity index (χ1v) is 11.4. The highest BCUT2D eigenvalue weighted by atomic mass is 16.5. The number of piperidine rings is 1. The second-order valence-electron chi connectivity index (χ2n) is 11.3. The third-order valence-electron chi connectivity index (χ3n) is 8.93. The smallest absolute Gasteiger partial charge is 0.228 e. The van der Waals surface area contributed by atoms with Crippen molar-refractivity contribution in [2.24, 2.45) is 28.4 Å². The number of methoxy groups -OCH3 is 1. The summed E-state index contributed by atoms with van der Waals surface area (Å²) in [7, 11) is 1.87. The van der Waals surface area contributed by atoms with E-state index in [-0.39, 0.29) is 22.3 Å². The van der Waals surface area contributed by atoms with E-state index in [4.69, 9.17) is 10.5 Å². The van der Waals surface area contributed by atoms with Crippen molar-refractivity contribution in [3.05, 3.63) is 35.9 Å². The number of ether oxygens (including phenoxy) is 1. The van der Waals surface area contributed by atoms with Crippen molar-refractivity contribution in [2.75, 3.05) is 20.2 Å². The molecular weight excluding hydrogens is 360 g/mol. The molecule has 0 aromatic heterocycles. The van der Waals surface area contributed by atoms with Gasteiger partial charge in [-0.25, -0.2) is 0 Å². The van der Waals surface area contributed by atoms with Gasteiger partial charge in [0.1, 0.15) is 0 Å². The lowest BCUT2D eigenvalue weighted by Gasteiger charge is -2.64. The van der Waals surface area contributed by atoms with E-state index >= 15 is 0 Å². The molecule has 4 bridgehead atoms. The lowest BCUT2D eigenvalue weighted by Crippen LogP contribution is -2.65. The fourth-order valence-electron chi connectivity index (χ4n) is 7.75. The van der Waals surface area contributed by atoms with Gasteiger partial charge in [-0.05, 0) is 66.8 Å². The molecular formula is C25H36N2O2. The Labute approximate surface area is 175 Å². The van der Waals surface area contributed by atoms with Crippen LogP contribution in [0, 0.1) is 22.7 Å². The van der Waals surface area contributed by atoms with Crippen molar-refractivity contribution in [1.82, 2.24) is 4.90 Å². The van der Waals surface area contributed by atoms with Gasteiger partial charge in [-0.1, -0.05) is 44.2 Å². The van der Waals surface area contributed by atoms with Crippen LogP contribution in [0.3, 0.4) is 0 Å². The summed E-state index contributed by atoms with van der Waals surface area (Å²) in [4.78, 5) is 16.2. The van der Waals surface area contributed by atoms with E-state index in [1.165, 1.54) is 5.56 Å². The normalized spacial score (nSPS) is 42.8. The second-order valence-corrected chi connectivity index (χ2v) is 11.3. The number of carbonyl (C=O) groups excluding carboxylic acids is 1. The summed E-state index contributed by atoms with van der Waals surface area (Å²) in [5.41, 5.74) is 7.71. The molecule has 1 heterocycles. The van der Waals surface area contributed by atoms with Gasteiger partial charge < -0.3 is 15.4 Å². The zero-order valence-electron chi connectivity index (χ0n) is 18.2. The summed E-state index contributed by atoms with van der Waals surface area (Å²) in [6.07, 6.45) is 6.56. The van der Waals surface area contributed by atoms with Gasteiger partial charge >= 0.3 is 0 Å². The molecule has 4 nitrogen and oxygen atoms in total. The maximum atomic E-state index is 14.1. The molecule has 4 aliphatic carbocycles. The Kier molecular flexibility index (Phi) is 4.42. The molecule has 2 N–H and O–H groups in total. The average molecular weight is 397 g/mol. The molecule has 0 spiro atoms. The topological polar surface area (TPSA) is 55.6 Å². The number of nitrogens with two attached hydrogens (primary N) is 1. The van der Waals surface area contributed by atoms with E-state index in [0.717, 1.165) is 51.6 Å². The Morgan fingerprint density at radius 1 is 1.10 bits per heavy atom. The third kappa shape index (κ3) is 2.90. The Balaban J connectivity index is 1.49. The van der Waals surface area contributed by atoms with Gasteiger partial charge in [-0.15, -0.1) is 0 Å². The molecule has 2 unspecified atom stereocenters. The van der Waals surface area contributed by atoms with Crippen LogP contribution < -0.4 is 5.73 Å². The SMILES string of the molecule is COC1C2CC3(C(=O)N4CC[C@H](N)C(C)(C)C4)CC1CC(c1ccccc1)(C2)C3. The van der Waals surface area contributed by atoms with E-state index in [1.54, 1.807) is 0 Å². The van der Waals surface area contributed by atoms with Gasteiger partial charge in [-0.3, -0.25) is 4.79 Å². The number of hydrogen-bond donors (Lipinski definition) is 1. The zero-order chi connectivity index (χ0) is 20.4. The molecule has 1 aromatic rings. The van der Waals surface area contributed by atoms with Crippen LogP contribution in [0.15, 0.2) is 30.3 Å². The lowest BCUT2D eigenvalue weighted by atomic mass is 9.41. The van der Waals surface area contributed by atoms with Gasteiger partial charge in [-0.2, -0.15) is 0 Å². The summed E-state index contributed by atoms with van der Waals surface area (Å²) in [6.45, 7) is 6.02. The van der Waals surface area contributed by atoms with Crippen LogP contribution >= 0.6 is 0 Å². The molecule has 1 amide bonds. The van der Waals surface area contributed by atoms with E-state index in [1.807, 2.05) is 7.11 Å². The molecule has 3 atom stereocenters. The van der Waals surface area contributed by atoms with Crippen molar-refractivity contribution in [1.29, 1.82) is 0 Å². The predicted octanol–water partition coefficient (Wildman–Crippen LogP) is 3.74. The number of hydrogen-bond acceptors (Lipinski definition) is 3. The van der Waals surface area contributed by atoms with Gasteiger partial charge in [0.05, 0.1) is 11.5 Å². The standard InChI is InChI=1S/C25H36N2O2/c1-23(2)16-27(10-9-20(23)26)22(28)25-13-17-11-24(15-25,19-7-5-4-6-8-19)12-18(14-25)21(17)29-3/h4-8,17-18,20-21H,9-16,26H2,1-3H3/t17?,18?,20-,21?,24?,25?/m0/s1. The zero-order valence-corrected chi connectivity index (χ0v) is 18.2. The van der Waals surface area contributed by atoms with Crippen molar-refractivity contribution >= 4 is 5.91 Å². The lowest BCUT2D eigenvalue weighted by molar-refractivity contribution is -0.184. The highest BCUT2D eigenvalue weighted by molar-refractivity contribution is 5.84. The quantitative estimate of drug-likeness (QED) is 0.847. The van der Waals surface area contributed by atoms with Crippen LogP contribution in [0.25, 0.3) is 0 Å². The maximum Gasteiger partial charge on any atom is 0.228 e. The van der Waals surface area contributed by atoms with E-state index < -0.39 is 0 Å². The first-order chi connectivity index (χ1) is 13.8. The fourth-order valence-corrected chi connectivity index (χ4v) is 7.75. The van der Waals surface area contributed by atoms with Gasteiger partial charge in [0.15, 0.2) is 0 Å². The molecule has 5 fully saturated rings. The molecule has 5 aliphatic rings. The first kappa shape index (κ1) is 19.6. The molecule has 6 rings (SSSR count). The molecule has 1 aromatic carbocycles. The van der Waals surface area contributed by atoms with Crippen LogP contribution in [0.2, 0.25) is 0 Å². The van der Waals surface area contributed by atoms with Crippen LogP contribution in [0.4, 0.5) is 0 Å². The van der Waals surface area contributed by atoms with E-state index in [0.29, 0.717) is 23.8 Å². The monoisotopic (exact) mass is 396 g/mol. The molecule has 158 valence electrons. The van der Waals surface area contributed by atoms with Crippen LogP contribution in [0.1, 0.15) is 57.9 Å². The van der Waals surface area contributed by atoms with E-state index in [9.17, 15) is 4.79 Å². The minimum atomic E-state index is -0.214. The number of rotatable bonds is 3. The van der Waals surface area contributed by atoms with Crippen molar-refractivity contribution in [3.8, 4) is 0 Å².